The lowest BCUT2D eigenvalue weighted by Crippen LogP contribution is -2.04. The standard InChI is InChI=1S/C17H19ClO/c1-10-5-6-14(13(4)7-10)17(19)15-8-11(2)12(3)9-16(15)18/h5-9,17,19H,1-4H3. The molecule has 0 bridgehead atoms. The van der Waals surface area contributed by atoms with Crippen molar-refractivity contribution in [3.05, 3.63) is 68.7 Å². The van der Waals surface area contributed by atoms with Crippen molar-refractivity contribution in [2.75, 3.05) is 0 Å². The lowest BCUT2D eigenvalue weighted by molar-refractivity contribution is 0.219. The molecule has 0 saturated heterocycles. The fourth-order valence-electron chi connectivity index (χ4n) is 2.31. The number of aliphatic hydroxyl groups is 1. The monoisotopic (exact) mass is 274 g/mol. The fourth-order valence-corrected chi connectivity index (χ4v) is 2.63. The molecular formula is C17H19ClO. The molecule has 0 heterocycles. The predicted octanol–water partition coefficient (Wildman–Crippen LogP) is 4.66. The topological polar surface area (TPSA) is 20.2 Å². The molecule has 1 N–H and O–H groups in total. The third-order valence-electron chi connectivity index (χ3n) is 3.63. The van der Waals surface area contributed by atoms with E-state index in [0.29, 0.717) is 5.02 Å². The highest BCUT2D eigenvalue weighted by atomic mass is 35.5. The molecular weight excluding hydrogens is 256 g/mol. The SMILES string of the molecule is Cc1ccc(C(O)c2cc(C)c(C)cc2Cl)c(C)c1. The van der Waals surface area contributed by atoms with Gasteiger partial charge in [-0.1, -0.05) is 41.4 Å². The number of aliphatic hydroxyl groups excluding tert-OH is 1. The minimum Gasteiger partial charge on any atom is -0.384 e. The Hall–Kier alpha value is -1.31. The molecule has 1 unspecified atom stereocenters. The van der Waals surface area contributed by atoms with E-state index in [1.807, 2.05) is 52.0 Å². The van der Waals surface area contributed by atoms with Crippen molar-refractivity contribution in [2.24, 2.45) is 0 Å². The summed E-state index contributed by atoms with van der Waals surface area (Å²) in [6.45, 7) is 8.12. The molecule has 2 rings (SSSR count). The summed E-state index contributed by atoms with van der Waals surface area (Å²) in [6, 6.07) is 9.95. The second kappa shape index (κ2) is 5.36. The van der Waals surface area contributed by atoms with E-state index in [4.69, 9.17) is 11.6 Å². The van der Waals surface area contributed by atoms with Crippen molar-refractivity contribution in [3.63, 3.8) is 0 Å². The zero-order valence-electron chi connectivity index (χ0n) is 11.8. The molecule has 19 heavy (non-hydrogen) atoms. The maximum Gasteiger partial charge on any atom is 0.106 e. The Morgan fingerprint density at radius 1 is 0.842 bits per heavy atom. The van der Waals surface area contributed by atoms with Gasteiger partial charge in [0.1, 0.15) is 6.10 Å². The van der Waals surface area contributed by atoms with E-state index in [-0.39, 0.29) is 0 Å². The van der Waals surface area contributed by atoms with Crippen LogP contribution in [0.25, 0.3) is 0 Å². The number of rotatable bonds is 2. The summed E-state index contributed by atoms with van der Waals surface area (Å²) in [5, 5.41) is 11.2. The number of aryl methyl sites for hydroxylation is 4. The van der Waals surface area contributed by atoms with E-state index in [2.05, 4.69) is 6.07 Å². The van der Waals surface area contributed by atoms with Crippen LogP contribution in [0.4, 0.5) is 0 Å². The second-order valence-electron chi connectivity index (χ2n) is 5.22. The molecule has 2 aromatic rings. The van der Waals surface area contributed by atoms with Crippen LogP contribution in [-0.4, -0.2) is 5.11 Å². The largest absolute Gasteiger partial charge is 0.384 e. The first-order chi connectivity index (χ1) is 8.90. The van der Waals surface area contributed by atoms with Crippen LogP contribution in [-0.2, 0) is 0 Å². The molecule has 0 amide bonds. The molecule has 2 heteroatoms. The smallest absolute Gasteiger partial charge is 0.106 e. The third-order valence-corrected chi connectivity index (χ3v) is 3.95. The predicted molar refractivity (Wildman–Crippen MR) is 80.9 cm³/mol. The Morgan fingerprint density at radius 3 is 2.11 bits per heavy atom. The summed E-state index contributed by atoms with van der Waals surface area (Å²) in [6.07, 6.45) is -0.674. The van der Waals surface area contributed by atoms with Crippen molar-refractivity contribution >= 4 is 11.6 Å². The highest BCUT2D eigenvalue weighted by Gasteiger charge is 2.16. The second-order valence-corrected chi connectivity index (χ2v) is 5.63. The van der Waals surface area contributed by atoms with Crippen LogP contribution in [0.5, 0.6) is 0 Å². The Bertz CT molecular complexity index is 617. The lowest BCUT2D eigenvalue weighted by atomic mass is 9.94. The summed E-state index contributed by atoms with van der Waals surface area (Å²) < 4.78 is 0. The molecule has 0 aliphatic rings. The maximum atomic E-state index is 10.6. The number of halogens is 1. The van der Waals surface area contributed by atoms with Gasteiger partial charge >= 0.3 is 0 Å². The van der Waals surface area contributed by atoms with E-state index >= 15 is 0 Å². The number of hydrogen-bond acceptors (Lipinski definition) is 1. The highest BCUT2D eigenvalue weighted by Crippen LogP contribution is 2.32. The Balaban J connectivity index is 2.49. The Morgan fingerprint density at radius 2 is 1.47 bits per heavy atom. The molecule has 0 aliphatic heterocycles. The molecule has 2 aromatic carbocycles. The van der Waals surface area contributed by atoms with E-state index in [1.165, 1.54) is 5.56 Å². The maximum absolute atomic E-state index is 10.6. The van der Waals surface area contributed by atoms with Crippen molar-refractivity contribution in [1.82, 2.24) is 0 Å². The van der Waals surface area contributed by atoms with Crippen molar-refractivity contribution < 1.29 is 5.11 Å². The first-order valence-corrected chi connectivity index (χ1v) is 6.80. The van der Waals surface area contributed by atoms with Gasteiger partial charge in [0.05, 0.1) is 0 Å². The zero-order chi connectivity index (χ0) is 14.2. The van der Waals surface area contributed by atoms with Crippen LogP contribution in [0.3, 0.4) is 0 Å². The molecule has 0 spiro atoms. The fraction of sp³-hybridized carbons (Fsp3) is 0.294. The van der Waals surface area contributed by atoms with Gasteiger partial charge in [0, 0.05) is 10.6 Å². The van der Waals surface area contributed by atoms with Crippen molar-refractivity contribution in [1.29, 1.82) is 0 Å². The van der Waals surface area contributed by atoms with Gasteiger partial charge in [0.2, 0.25) is 0 Å². The van der Waals surface area contributed by atoms with Gasteiger partial charge in [-0.25, -0.2) is 0 Å². The van der Waals surface area contributed by atoms with Gasteiger partial charge in [-0.2, -0.15) is 0 Å². The normalized spacial score (nSPS) is 12.5. The van der Waals surface area contributed by atoms with Crippen LogP contribution in [0.2, 0.25) is 5.02 Å². The average molecular weight is 275 g/mol. The summed E-state index contributed by atoms with van der Waals surface area (Å²) >= 11 is 6.27. The molecule has 1 nitrogen and oxygen atoms in total. The third kappa shape index (κ3) is 2.83. The zero-order valence-corrected chi connectivity index (χ0v) is 12.5. The van der Waals surface area contributed by atoms with Gasteiger partial charge < -0.3 is 5.11 Å². The van der Waals surface area contributed by atoms with Gasteiger partial charge in [-0.15, -0.1) is 0 Å². The molecule has 0 fully saturated rings. The van der Waals surface area contributed by atoms with Crippen LogP contribution in [0.15, 0.2) is 30.3 Å². The Kier molecular flexibility index (Phi) is 3.98. The van der Waals surface area contributed by atoms with Gasteiger partial charge in [0.15, 0.2) is 0 Å². The first-order valence-electron chi connectivity index (χ1n) is 6.42. The number of hydrogen-bond donors (Lipinski definition) is 1. The summed E-state index contributed by atoms with van der Waals surface area (Å²) in [4.78, 5) is 0. The summed E-state index contributed by atoms with van der Waals surface area (Å²) in [5.74, 6) is 0. The van der Waals surface area contributed by atoms with Crippen LogP contribution in [0, 0.1) is 27.7 Å². The van der Waals surface area contributed by atoms with E-state index < -0.39 is 6.10 Å². The van der Waals surface area contributed by atoms with Crippen molar-refractivity contribution in [3.8, 4) is 0 Å². The molecule has 1 atom stereocenters. The van der Waals surface area contributed by atoms with Crippen LogP contribution in [0.1, 0.15) is 39.5 Å². The molecule has 0 aromatic heterocycles. The minimum absolute atomic E-state index is 0.621. The average Bonchev–Trinajstić information content (AvgIpc) is 2.33. The highest BCUT2D eigenvalue weighted by molar-refractivity contribution is 6.31. The summed E-state index contributed by atoms with van der Waals surface area (Å²) in [7, 11) is 0. The molecule has 0 saturated carbocycles. The lowest BCUT2D eigenvalue weighted by Gasteiger charge is -2.17. The number of benzene rings is 2. The van der Waals surface area contributed by atoms with E-state index in [9.17, 15) is 5.11 Å². The summed E-state index contributed by atoms with van der Waals surface area (Å²) in [5.41, 5.74) is 6.25. The van der Waals surface area contributed by atoms with E-state index in [0.717, 1.165) is 27.8 Å². The van der Waals surface area contributed by atoms with Crippen molar-refractivity contribution in [2.45, 2.75) is 33.8 Å². The Labute approximate surface area is 119 Å². The van der Waals surface area contributed by atoms with Gasteiger partial charge in [-0.05, 0) is 56.0 Å². The van der Waals surface area contributed by atoms with Gasteiger partial charge in [-0.3, -0.25) is 0 Å². The van der Waals surface area contributed by atoms with E-state index in [1.54, 1.807) is 0 Å². The molecule has 100 valence electrons. The molecule has 0 aliphatic carbocycles. The van der Waals surface area contributed by atoms with Crippen LogP contribution < -0.4 is 0 Å². The first kappa shape index (κ1) is 14.1. The van der Waals surface area contributed by atoms with Gasteiger partial charge in [0.25, 0.3) is 0 Å². The quantitative estimate of drug-likeness (QED) is 0.845. The van der Waals surface area contributed by atoms with Crippen LogP contribution >= 0.6 is 11.6 Å². The minimum atomic E-state index is -0.674. The molecule has 0 radical (unpaired) electrons.